The number of hydrogen-bond donors (Lipinski definition) is 2. The maximum Gasteiger partial charge on any atom is 0.262 e. The molecule has 1 unspecified atom stereocenters. The number of hydrazone groups is 1. The van der Waals surface area contributed by atoms with Gasteiger partial charge in [0.1, 0.15) is 24.1 Å². The summed E-state index contributed by atoms with van der Waals surface area (Å²) in [4.78, 5) is 12.6. The largest absolute Gasteiger partial charge is 0.494 e. The summed E-state index contributed by atoms with van der Waals surface area (Å²) in [6.45, 7) is 4.97. The Morgan fingerprint density at radius 1 is 0.938 bits per heavy atom. The number of para-hydroxylation sites is 1. The van der Waals surface area contributed by atoms with Crippen LogP contribution < -0.4 is 20.2 Å². The van der Waals surface area contributed by atoms with Crippen molar-refractivity contribution in [3.05, 3.63) is 90.0 Å². The van der Waals surface area contributed by atoms with Crippen molar-refractivity contribution in [3.8, 4) is 11.5 Å². The third-order valence-electron chi connectivity index (χ3n) is 4.77. The van der Waals surface area contributed by atoms with Crippen LogP contribution in [0.2, 0.25) is 0 Å². The van der Waals surface area contributed by atoms with E-state index in [4.69, 9.17) is 9.47 Å². The minimum Gasteiger partial charge on any atom is -0.494 e. The van der Waals surface area contributed by atoms with Gasteiger partial charge >= 0.3 is 0 Å². The second-order valence-electron chi connectivity index (χ2n) is 7.11. The molecule has 1 amide bonds. The Morgan fingerprint density at radius 3 is 2.38 bits per heavy atom. The van der Waals surface area contributed by atoms with Gasteiger partial charge in [0, 0.05) is 11.3 Å². The first-order chi connectivity index (χ1) is 15.7. The first-order valence-corrected chi connectivity index (χ1v) is 10.8. The van der Waals surface area contributed by atoms with Gasteiger partial charge in [0.2, 0.25) is 0 Å². The van der Waals surface area contributed by atoms with Crippen LogP contribution in [0.3, 0.4) is 0 Å². The standard InChI is InChI=1S/C26H29N3O3/c1-3-24(28-22-14-16-23(17-15-22)31-4-2)26(30)29-27-18-21-12-8-9-13-25(21)32-19-20-10-6-5-7-11-20/h5-18,24,28H,3-4,19H2,1-2H3,(H,29,30)/b27-18+. The molecule has 0 bridgehead atoms. The van der Waals surface area contributed by atoms with Crippen LogP contribution >= 0.6 is 0 Å². The van der Waals surface area contributed by atoms with E-state index in [0.29, 0.717) is 25.4 Å². The lowest BCUT2D eigenvalue weighted by Crippen LogP contribution is -2.36. The Bertz CT molecular complexity index is 1000. The molecule has 0 spiro atoms. The van der Waals surface area contributed by atoms with Gasteiger partial charge in [-0.2, -0.15) is 5.10 Å². The first-order valence-electron chi connectivity index (χ1n) is 10.8. The molecule has 0 aliphatic rings. The second kappa shape index (κ2) is 12.2. The number of nitrogens with zero attached hydrogens (tertiary/aromatic N) is 1. The topological polar surface area (TPSA) is 72.0 Å². The van der Waals surface area contributed by atoms with Gasteiger partial charge in [0.15, 0.2) is 0 Å². The molecule has 0 aliphatic carbocycles. The van der Waals surface area contributed by atoms with Crippen LogP contribution in [0.1, 0.15) is 31.4 Å². The molecule has 2 N–H and O–H groups in total. The zero-order chi connectivity index (χ0) is 22.6. The normalized spacial score (nSPS) is 11.7. The lowest BCUT2D eigenvalue weighted by molar-refractivity contribution is -0.121. The molecule has 0 radical (unpaired) electrons. The molecule has 3 aromatic rings. The van der Waals surface area contributed by atoms with Gasteiger partial charge in [0.25, 0.3) is 5.91 Å². The molecule has 0 aromatic heterocycles. The van der Waals surface area contributed by atoms with Crippen LogP contribution in [0.15, 0.2) is 84.0 Å². The lowest BCUT2D eigenvalue weighted by atomic mass is 10.2. The Kier molecular flexibility index (Phi) is 8.69. The van der Waals surface area contributed by atoms with Crippen LogP contribution in [0.4, 0.5) is 5.69 Å². The number of amides is 1. The summed E-state index contributed by atoms with van der Waals surface area (Å²) in [6.07, 6.45) is 2.22. The molecule has 1 atom stereocenters. The predicted octanol–water partition coefficient (Wildman–Crippen LogP) is 5.01. The van der Waals surface area contributed by atoms with E-state index in [-0.39, 0.29) is 5.91 Å². The minimum absolute atomic E-state index is 0.208. The monoisotopic (exact) mass is 431 g/mol. The number of benzene rings is 3. The highest BCUT2D eigenvalue weighted by Crippen LogP contribution is 2.18. The highest BCUT2D eigenvalue weighted by Gasteiger charge is 2.15. The molecule has 0 saturated carbocycles. The van der Waals surface area contributed by atoms with E-state index in [2.05, 4.69) is 15.8 Å². The number of hydrogen-bond acceptors (Lipinski definition) is 5. The Balaban J connectivity index is 1.56. The molecule has 6 heteroatoms. The average molecular weight is 432 g/mol. The maximum atomic E-state index is 12.6. The van der Waals surface area contributed by atoms with Crippen molar-refractivity contribution in [2.24, 2.45) is 5.10 Å². The summed E-state index contributed by atoms with van der Waals surface area (Å²) in [7, 11) is 0. The highest BCUT2D eigenvalue weighted by atomic mass is 16.5. The van der Waals surface area contributed by atoms with Crippen molar-refractivity contribution in [1.82, 2.24) is 5.43 Å². The molecule has 0 saturated heterocycles. The third-order valence-corrected chi connectivity index (χ3v) is 4.77. The van der Waals surface area contributed by atoms with Crippen molar-refractivity contribution in [2.75, 3.05) is 11.9 Å². The van der Waals surface area contributed by atoms with E-state index in [1.807, 2.05) is 92.7 Å². The fourth-order valence-electron chi connectivity index (χ4n) is 3.07. The SMILES string of the molecule is CCOc1ccc(NC(CC)C(=O)N/N=C/c2ccccc2OCc2ccccc2)cc1. The summed E-state index contributed by atoms with van der Waals surface area (Å²) in [5.74, 6) is 1.29. The van der Waals surface area contributed by atoms with Crippen molar-refractivity contribution in [2.45, 2.75) is 32.9 Å². The van der Waals surface area contributed by atoms with Crippen LogP contribution in [-0.4, -0.2) is 24.8 Å². The molecule has 6 nitrogen and oxygen atoms in total. The van der Waals surface area contributed by atoms with Gasteiger partial charge in [-0.15, -0.1) is 0 Å². The fourth-order valence-corrected chi connectivity index (χ4v) is 3.07. The van der Waals surface area contributed by atoms with Crippen molar-refractivity contribution in [3.63, 3.8) is 0 Å². The van der Waals surface area contributed by atoms with Crippen molar-refractivity contribution < 1.29 is 14.3 Å². The van der Waals surface area contributed by atoms with Crippen LogP contribution in [0.5, 0.6) is 11.5 Å². The molecule has 3 rings (SSSR count). The fraction of sp³-hybridized carbons (Fsp3) is 0.231. The van der Waals surface area contributed by atoms with Gasteiger partial charge in [-0.3, -0.25) is 4.79 Å². The maximum absolute atomic E-state index is 12.6. The smallest absolute Gasteiger partial charge is 0.262 e. The Labute approximate surface area is 189 Å². The number of carbonyl (C=O) groups is 1. The summed E-state index contributed by atoms with van der Waals surface area (Å²) >= 11 is 0. The molecule has 3 aromatic carbocycles. The second-order valence-corrected chi connectivity index (χ2v) is 7.11. The predicted molar refractivity (Wildman–Crippen MR) is 128 cm³/mol. The number of nitrogens with one attached hydrogen (secondary N) is 2. The van der Waals surface area contributed by atoms with E-state index < -0.39 is 6.04 Å². The van der Waals surface area contributed by atoms with E-state index in [0.717, 1.165) is 22.6 Å². The van der Waals surface area contributed by atoms with E-state index >= 15 is 0 Å². The quantitative estimate of drug-likeness (QED) is 0.331. The van der Waals surface area contributed by atoms with E-state index in [9.17, 15) is 4.79 Å². The van der Waals surface area contributed by atoms with E-state index in [1.165, 1.54) is 0 Å². The molecule has 166 valence electrons. The first kappa shape index (κ1) is 22.9. The number of anilines is 1. The molecule has 0 fully saturated rings. The number of carbonyl (C=O) groups excluding carboxylic acids is 1. The number of ether oxygens (including phenoxy) is 2. The third kappa shape index (κ3) is 6.87. The molecular weight excluding hydrogens is 402 g/mol. The summed E-state index contributed by atoms with van der Waals surface area (Å²) in [5, 5.41) is 7.37. The van der Waals surface area contributed by atoms with Gasteiger partial charge in [0.05, 0.1) is 12.8 Å². The summed E-state index contributed by atoms with van der Waals surface area (Å²) in [6, 6.07) is 24.7. The summed E-state index contributed by atoms with van der Waals surface area (Å²) < 4.78 is 11.4. The minimum atomic E-state index is -0.408. The molecule has 0 aliphatic heterocycles. The average Bonchev–Trinajstić information content (AvgIpc) is 2.83. The number of rotatable bonds is 11. The zero-order valence-electron chi connectivity index (χ0n) is 18.5. The molecular formula is C26H29N3O3. The molecule has 0 heterocycles. The van der Waals surface area contributed by atoms with E-state index in [1.54, 1.807) is 6.21 Å². The highest BCUT2D eigenvalue weighted by molar-refractivity contribution is 5.88. The van der Waals surface area contributed by atoms with Crippen LogP contribution in [-0.2, 0) is 11.4 Å². The lowest BCUT2D eigenvalue weighted by Gasteiger charge is -2.16. The van der Waals surface area contributed by atoms with Crippen molar-refractivity contribution >= 4 is 17.8 Å². The Hall–Kier alpha value is -3.80. The van der Waals surface area contributed by atoms with Crippen LogP contribution in [0, 0.1) is 0 Å². The van der Waals surface area contributed by atoms with Gasteiger partial charge in [-0.05, 0) is 55.3 Å². The Morgan fingerprint density at radius 2 is 1.66 bits per heavy atom. The summed E-state index contributed by atoms with van der Waals surface area (Å²) in [5.41, 5.74) is 5.34. The van der Waals surface area contributed by atoms with Crippen LogP contribution in [0.25, 0.3) is 0 Å². The van der Waals surface area contributed by atoms with Gasteiger partial charge in [-0.25, -0.2) is 5.43 Å². The van der Waals surface area contributed by atoms with Gasteiger partial charge in [-0.1, -0.05) is 49.4 Å². The van der Waals surface area contributed by atoms with Crippen molar-refractivity contribution in [1.29, 1.82) is 0 Å². The molecule has 32 heavy (non-hydrogen) atoms. The van der Waals surface area contributed by atoms with Gasteiger partial charge < -0.3 is 14.8 Å². The zero-order valence-corrected chi connectivity index (χ0v) is 18.5.